The molecule has 0 spiro atoms. The topological polar surface area (TPSA) is 39.7 Å². The maximum Gasteiger partial charge on any atom is 0.190 e. The highest BCUT2D eigenvalue weighted by molar-refractivity contribution is 7.09. The quantitative estimate of drug-likeness (QED) is 0.625. The lowest BCUT2D eigenvalue weighted by Gasteiger charge is -2.32. The number of nitrogens with one attached hydrogen (secondary N) is 2. The van der Waals surface area contributed by atoms with E-state index in [-0.39, 0.29) is 0 Å². The molecule has 1 fully saturated rings. The second-order valence-corrected chi connectivity index (χ2v) is 6.64. The lowest BCUT2D eigenvalue weighted by Crippen LogP contribution is -2.44. The molecule has 4 nitrogen and oxygen atoms in total. The van der Waals surface area contributed by atoms with Gasteiger partial charge in [0.1, 0.15) is 0 Å². The molecule has 2 N–H and O–H groups in total. The van der Waals surface area contributed by atoms with Crippen molar-refractivity contribution in [3.05, 3.63) is 22.4 Å². The number of guanidine groups is 1. The van der Waals surface area contributed by atoms with E-state index in [9.17, 15) is 0 Å². The summed E-state index contributed by atoms with van der Waals surface area (Å²) in [5, 5.41) is 9.01. The lowest BCUT2D eigenvalue weighted by molar-refractivity contribution is 0.183. The molecule has 21 heavy (non-hydrogen) atoms. The minimum Gasteiger partial charge on any atom is -0.356 e. The molecule has 1 atom stereocenters. The van der Waals surface area contributed by atoms with Crippen LogP contribution in [-0.2, 0) is 6.42 Å². The van der Waals surface area contributed by atoms with E-state index in [1.807, 2.05) is 18.4 Å². The fourth-order valence-electron chi connectivity index (χ4n) is 2.83. The molecule has 1 unspecified atom stereocenters. The van der Waals surface area contributed by atoms with Crippen LogP contribution in [-0.4, -0.2) is 50.6 Å². The van der Waals surface area contributed by atoms with Crippen LogP contribution in [0.5, 0.6) is 0 Å². The van der Waals surface area contributed by atoms with Crippen LogP contribution < -0.4 is 10.6 Å². The molecule has 2 rings (SSSR count). The largest absolute Gasteiger partial charge is 0.356 e. The number of nitrogens with zero attached hydrogens (tertiary/aromatic N) is 2. The van der Waals surface area contributed by atoms with Crippen molar-refractivity contribution in [1.82, 2.24) is 15.5 Å². The molecule has 0 amide bonds. The second kappa shape index (κ2) is 9.05. The first kappa shape index (κ1) is 16.3. The highest BCUT2D eigenvalue weighted by Gasteiger charge is 2.18. The average molecular weight is 308 g/mol. The van der Waals surface area contributed by atoms with Crippen molar-refractivity contribution in [3.63, 3.8) is 0 Å². The first-order valence-corrected chi connectivity index (χ1v) is 8.89. The van der Waals surface area contributed by atoms with Crippen molar-refractivity contribution in [3.8, 4) is 0 Å². The fourth-order valence-corrected chi connectivity index (χ4v) is 3.53. The maximum absolute atomic E-state index is 4.31. The van der Waals surface area contributed by atoms with Crippen LogP contribution in [0.1, 0.15) is 24.6 Å². The summed E-state index contributed by atoms with van der Waals surface area (Å²) in [5.74, 6) is 1.68. The third-order valence-electron chi connectivity index (χ3n) is 4.08. The van der Waals surface area contributed by atoms with Gasteiger partial charge in [0.2, 0.25) is 0 Å². The number of rotatable bonds is 6. The Morgan fingerprint density at radius 2 is 2.38 bits per heavy atom. The zero-order chi connectivity index (χ0) is 14.9. The maximum atomic E-state index is 4.31. The Morgan fingerprint density at radius 1 is 1.48 bits per heavy atom. The van der Waals surface area contributed by atoms with E-state index in [0.717, 1.165) is 31.4 Å². The molecule has 1 saturated heterocycles. The van der Waals surface area contributed by atoms with Gasteiger partial charge in [-0.15, -0.1) is 11.3 Å². The Balaban J connectivity index is 1.65. The van der Waals surface area contributed by atoms with E-state index in [0.29, 0.717) is 0 Å². The summed E-state index contributed by atoms with van der Waals surface area (Å²) in [6, 6.07) is 4.29. The van der Waals surface area contributed by atoms with Crippen molar-refractivity contribution in [2.24, 2.45) is 10.9 Å². The minimum atomic E-state index is 0.745. The van der Waals surface area contributed by atoms with Gasteiger partial charge in [-0.05, 0) is 49.7 Å². The Bertz CT molecular complexity index is 416. The van der Waals surface area contributed by atoms with E-state index in [2.05, 4.69) is 45.0 Å². The van der Waals surface area contributed by atoms with Crippen molar-refractivity contribution in [2.75, 3.05) is 39.8 Å². The zero-order valence-electron chi connectivity index (χ0n) is 13.3. The van der Waals surface area contributed by atoms with Gasteiger partial charge in [-0.2, -0.15) is 0 Å². The van der Waals surface area contributed by atoms with E-state index in [4.69, 9.17) is 0 Å². The molecule has 1 aromatic rings. The lowest BCUT2D eigenvalue weighted by atomic mass is 9.98. The highest BCUT2D eigenvalue weighted by atomic mass is 32.1. The predicted molar refractivity (Wildman–Crippen MR) is 92.2 cm³/mol. The first-order valence-electron chi connectivity index (χ1n) is 8.01. The van der Waals surface area contributed by atoms with Gasteiger partial charge >= 0.3 is 0 Å². The number of aliphatic imine (C=N–C) groups is 1. The van der Waals surface area contributed by atoms with Gasteiger partial charge in [0.25, 0.3) is 0 Å². The van der Waals surface area contributed by atoms with Gasteiger partial charge in [-0.1, -0.05) is 13.0 Å². The Morgan fingerprint density at radius 3 is 3.10 bits per heavy atom. The number of hydrogen-bond donors (Lipinski definition) is 2. The molecular formula is C16H28N4S. The predicted octanol–water partition coefficient (Wildman–Crippen LogP) is 2.19. The zero-order valence-corrected chi connectivity index (χ0v) is 14.1. The van der Waals surface area contributed by atoms with Gasteiger partial charge in [-0.3, -0.25) is 4.99 Å². The van der Waals surface area contributed by atoms with Crippen molar-refractivity contribution < 1.29 is 0 Å². The van der Waals surface area contributed by atoms with Crippen molar-refractivity contribution in [1.29, 1.82) is 0 Å². The molecule has 0 saturated carbocycles. The van der Waals surface area contributed by atoms with Gasteiger partial charge in [-0.25, -0.2) is 0 Å². The Labute approximate surface area is 132 Å². The molecule has 0 aromatic carbocycles. The molecule has 0 aliphatic carbocycles. The van der Waals surface area contributed by atoms with Crippen LogP contribution in [0.4, 0.5) is 0 Å². The van der Waals surface area contributed by atoms with E-state index < -0.39 is 0 Å². The van der Waals surface area contributed by atoms with Crippen LogP contribution in [0.3, 0.4) is 0 Å². The van der Waals surface area contributed by atoms with Crippen LogP contribution in [0.2, 0.25) is 0 Å². The van der Waals surface area contributed by atoms with Gasteiger partial charge in [0.15, 0.2) is 5.96 Å². The molecule has 0 bridgehead atoms. The SMILES string of the molecule is CCN1CCCC(CNC(=NC)NCCc2cccs2)C1. The van der Waals surface area contributed by atoms with E-state index >= 15 is 0 Å². The molecule has 1 aliphatic heterocycles. The second-order valence-electron chi connectivity index (χ2n) is 5.61. The minimum absolute atomic E-state index is 0.745. The van der Waals surface area contributed by atoms with Crippen LogP contribution in [0.25, 0.3) is 0 Å². The average Bonchev–Trinajstić information content (AvgIpc) is 3.04. The van der Waals surface area contributed by atoms with Crippen LogP contribution in [0, 0.1) is 5.92 Å². The molecule has 5 heteroatoms. The summed E-state index contributed by atoms with van der Waals surface area (Å²) in [6.07, 6.45) is 3.71. The monoisotopic (exact) mass is 308 g/mol. The Kier molecular flexibility index (Phi) is 7.03. The molecule has 2 heterocycles. The molecule has 1 aromatic heterocycles. The van der Waals surface area contributed by atoms with E-state index in [1.54, 1.807) is 0 Å². The third kappa shape index (κ3) is 5.67. The fraction of sp³-hybridized carbons (Fsp3) is 0.688. The molecule has 118 valence electrons. The van der Waals surface area contributed by atoms with Crippen LogP contribution >= 0.6 is 11.3 Å². The van der Waals surface area contributed by atoms with E-state index in [1.165, 1.54) is 37.4 Å². The van der Waals surface area contributed by atoms with Gasteiger partial charge in [0, 0.05) is 31.6 Å². The number of likely N-dealkylation sites (tertiary alicyclic amines) is 1. The standard InChI is InChI=1S/C16H28N4S/c1-3-20-10-4-6-14(13-20)12-19-16(17-2)18-9-8-15-7-5-11-21-15/h5,7,11,14H,3-4,6,8-10,12-13H2,1-2H3,(H2,17,18,19). The summed E-state index contributed by atoms with van der Waals surface area (Å²) in [4.78, 5) is 8.28. The molecule has 0 radical (unpaired) electrons. The van der Waals surface area contributed by atoms with Crippen molar-refractivity contribution >= 4 is 17.3 Å². The van der Waals surface area contributed by atoms with Crippen molar-refractivity contribution in [2.45, 2.75) is 26.2 Å². The number of hydrogen-bond acceptors (Lipinski definition) is 3. The Hall–Kier alpha value is -1.07. The summed E-state index contributed by atoms with van der Waals surface area (Å²) < 4.78 is 0. The smallest absolute Gasteiger partial charge is 0.190 e. The van der Waals surface area contributed by atoms with Crippen LogP contribution in [0.15, 0.2) is 22.5 Å². The van der Waals surface area contributed by atoms with Gasteiger partial charge < -0.3 is 15.5 Å². The summed E-state index contributed by atoms with van der Waals surface area (Å²) >= 11 is 1.82. The number of piperidine rings is 1. The van der Waals surface area contributed by atoms with Gasteiger partial charge in [0.05, 0.1) is 0 Å². The molecule has 1 aliphatic rings. The first-order chi connectivity index (χ1) is 10.3. The summed E-state index contributed by atoms with van der Waals surface area (Å²) in [7, 11) is 1.85. The summed E-state index contributed by atoms with van der Waals surface area (Å²) in [5.41, 5.74) is 0. The highest BCUT2D eigenvalue weighted by Crippen LogP contribution is 2.15. The third-order valence-corrected chi connectivity index (χ3v) is 5.01. The summed E-state index contributed by atoms with van der Waals surface area (Å²) in [6.45, 7) is 7.86. The number of thiophene rings is 1. The molecular weight excluding hydrogens is 280 g/mol. The normalized spacial score (nSPS) is 20.5.